The van der Waals surface area contributed by atoms with Crippen LogP contribution in [0.2, 0.25) is 0 Å². The van der Waals surface area contributed by atoms with Crippen molar-refractivity contribution in [1.82, 2.24) is 9.88 Å². The van der Waals surface area contributed by atoms with Gasteiger partial charge in [-0.1, -0.05) is 13.0 Å². The molecule has 5 heteroatoms. The second-order valence-electron chi connectivity index (χ2n) is 7.26. The number of pyridine rings is 1. The molecule has 0 aliphatic carbocycles. The zero-order valence-electron chi connectivity index (χ0n) is 15.4. The van der Waals surface area contributed by atoms with Crippen molar-refractivity contribution < 1.29 is 9.84 Å². The highest BCUT2D eigenvalue weighted by atomic mass is 16.5. The molecule has 0 bridgehead atoms. The van der Waals surface area contributed by atoms with Crippen molar-refractivity contribution in [2.24, 2.45) is 5.92 Å². The van der Waals surface area contributed by atoms with Gasteiger partial charge in [0.05, 0.1) is 24.4 Å². The number of aliphatic hydroxyl groups is 1. The van der Waals surface area contributed by atoms with Crippen LogP contribution in [0.1, 0.15) is 26.7 Å². The third-order valence-electron chi connectivity index (χ3n) is 5.16. The van der Waals surface area contributed by atoms with Gasteiger partial charge in [0.2, 0.25) is 0 Å². The lowest BCUT2D eigenvalue weighted by Crippen LogP contribution is -2.45. The van der Waals surface area contributed by atoms with E-state index in [1.54, 1.807) is 13.3 Å². The summed E-state index contributed by atoms with van der Waals surface area (Å²) in [6.07, 6.45) is 3.80. The molecule has 0 radical (unpaired) electrons. The van der Waals surface area contributed by atoms with Crippen molar-refractivity contribution in [3.8, 4) is 5.75 Å². The minimum atomic E-state index is -0.416. The fraction of sp³-hybridized carbons (Fsp3) is 0.550. The first kappa shape index (κ1) is 18.0. The van der Waals surface area contributed by atoms with Gasteiger partial charge in [0.15, 0.2) is 0 Å². The number of methoxy groups -OCH3 is 1. The summed E-state index contributed by atoms with van der Waals surface area (Å²) in [6, 6.07) is 8.38. The molecule has 1 saturated heterocycles. The summed E-state index contributed by atoms with van der Waals surface area (Å²) in [7, 11) is 1.66. The van der Waals surface area contributed by atoms with Crippen molar-refractivity contribution in [2.45, 2.75) is 38.8 Å². The van der Waals surface area contributed by atoms with Gasteiger partial charge >= 0.3 is 0 Å². The molecule has 1 fully saturated rings. The molecule has 3 rings (SSSR count). The highest BCUT2D eigenvalue weighted by molar-refractivity contribution is 5.91. The fourth-order valence-corrected chi connectivity index (χ4v) is 3.71. The number of aromatic nitrogens is 1. The predicted octanol–water partition coefficient (Wildman–Crippen LogP) is 3.14. The van der Waals surface area contributed by atoms with Crippen LogP contribution in [0.15, 0.2) is 30.5 Å². The SMILES string of the molecule is COc1cc(NC[C@@H](O)CN2CC[C@H](C)C[C@@H]2C)c2ncccc2c1. The standard InChI is InChI=1S/C20H29N3O2/c1-14-6-8-23(15(2)9-14)13-17(24)12-22-19-11-18(25-3)10-16-5-4-7-21-20(16)19/h4-5,7,10-11,14-15,17,22,24H,6,8-9,12-13H2,1-3H3/t14-,15-,17+/m0/s1. The molecule has 5 nitrogen and oxygen atoms in total. The van der Waals surface area contributed by atoms with E-state index >= 15 is 0 Å². The monoisotopic (exact) mass is 343 g/mol. The minimum absolute atomic E-state index is 0.416. The number of ether oxygens (including phenoxy) is 1. The Bertz CT molecular complexity index is 706. The van der Waals surface area contributed by atoms with E-state index in [9.17, 15) is 5.11 Å². The molecule has 2 heterocycles. The molecule has 3 atom stereocenters. The number of nitrogens with zero attached hydrogens (tertiary/aromatic N) is 2. The van der Waals surface area contributed by atoms with Gasteiger partial charge in [0.25, 0.3) is 0 Å². The predicted molar refractivity (Wildman–Crippen MR) is 102 cm³/mol. The Morgan fingerprint density at radius 3 is 3.00 bits per heavy atom. The molecule has 1 aromatic heterocycles. The molecule has 0 spiro atoms. The molecule has 2 N–H and O–H groups in total. The Hall–Kier alpha value is -1.85. The van der Waals surface area contributed by atoms with Crippen molar-refractivity contribution in [3.05, 3.63) is 30.5 Å². The summed E-state index contributed by atoms with van der Waals surface area (Å²) in [6.45, 7) is 6.85. The van der Waals surface area contributed by atoms with Crippen LogP contribution in [0.25, 0.3) is 10.9 Å². The first-order valence-electron chi connectivity index (χ1n) is 9.15. The zero-order chi connectivity index (χ0) is 17.8. The highest BCUT2D eigenvalue weighted by Crippen LogP contribution is 2.28. The summed E-state index contributed by atoms with van der Waals surface area (Å²) in [5.41, 5.74) is 1.80. The van der Waals surface area contributed by atoms with Gasteiger partial charge in [-0.15, -0.1) is 0 Å². The van der Waals surface area contributed by atoms with E-state index in [4.69, 9.17) is 4.74 Å². The first-order chi connectivity index (χ1) is 12.1. The lowest BCUT2D eigenvalue weighted by molar-refractivity contribution is 0.0661. The maximum absolute atomic E-state index is 10.5. The second kappa shape index (κ2) is 8.02. The van der Waals surface area contributed by atoms with Crippen LogP contribution in [-0.2, 0) is 0 Å². The molecule has 1 aliphatic rings. The summed E-state index contributed by atoms with van der Waals surface area (Å²) < 4.78 is 5.38. The molecule has 2 aromatic rings. The molecule has 136 valence electrons. The van der Waals surface area contributed by atoms with E-state index in [-0.39, 0.29) is 0 Å². The van der Waals surface area contributed by atoms with Crippen molar-refractivity contribution >= 4 is 16.6 Å². The Morgan fingerprint density at radius 2 is 2.24 bits per heavy atom. The summed E-state index contributed by atoms with van der Waals surface area (Å²) in [4.78, 5) is 6.86. The van der Waals surface area contributed by atoms with Crippen LogP contribution in [0.3, 0.4) is 0 Å². The number of aliphatic hydroxyl groups excluding tert-OH is 1. The largest absolute Gasteiger partial charge is 0.497 e. The van der Waals surface area contributed by atoms with Gasteiger partial charge < -0.3 is 15.2 Å². The normalized spacial score (nSPS) is 22.7. The molecule has 1 aliphatic heterocycles. The Labute approximate surface area is 150 Å². The smallest absolute Gasteiger partial charge is 0.121 e. The van der Waals surface area contributed by atoms with E-state index in [1.807, 2.05) is 24.3 Å². The van der Waals surface area contributed by atoms with Crippen LogP contribution in [0, 0.1) is 5.92 Å². The van der Waals surface area contributed by atoms with Gasteiger partial charge in [-0.2, -0.15) is 0 Å². The lowest BCUT2D eigenvalue weighted by atomic mass is 9.93. The lowest BCUT2D eigenvalue weighted by Gasteiger charge is -2.37. The topological polar surface area (TPSA) is 57.6 Å². The van der Waals surface area contributed by atoms with Crippen LogP contribution >= 0.6 is 0 Å². The van der Waals surface area contributed by atoms with Gasteiger partial charge in [-0.25, -0.2) is 0 Å². The van der Waals surface area contributed by atoms with E-state index in [0.29, 0.717) is 19.1 Å². The molecular weight excluding hydrogens is 314 g/mol. The van der Waals surface area contributed by atoms with Crippen LogP contribution < -0.4 is 10.1 Å². The van der Waals surface area contributed by atoms with E-state index in [0.717, 1.165) is 34.8 Å². The molecule has 0 unspecified atom stereocenters. The number of hydrogen-bond donors (Lipinski definition) is 2. The number of likely N-dealkylation sites (tertiary alicyclic amines) is 1. The Balaban J connectivity index is 1.64. The van der Waals surface area contributed by atoms with Gasteiger partial charge in [0.1, 0.15) is 5.75 Å². The van der Waals surface area contributed by atoms with Crippen molar-refractivity contribution in [3.63, 3.8) is 0 Å². The Morgan fingerprint density at radius 1 is 1.40 bits per heavy atom. The number of piperidine rings is 1. The van der Waals surface area contributed by atoms with E-state index in [1.165, 1.54) is 12.8 Å². The summed E-state index contributed by atoms with van der Waals surface area (Å²) in [5, 5.41) is 14.9. The number of β-amino-alcohol motifs (C(OH)–C–C–N with tert-alkyl or cyclic N) is 1. The second-order valence-corrected chi connectivity index (χ2v) is 7.26. The third kappa shape index (κ3) is 4.41. The van der Waals surface area contributed by atoms with Gasteiger partial charge in [0, 0.05) is 36.8 Å². The third-order valence-corrected chi connectivity index (χ3v) is 5.16. The van der Waals surface area contributed by atoms with Crippen molar-refractivity contribution in [1.29, 1.82) is 0 Å². The molecular formula is C20H29N3O2. The summed E-state index contributed by atoms with van der Waals surface area (Å²) in [5.74, 6) is 1.58. The van der Waals surface area contributed by atoms with Gasteiger partial charge in [-0.3, -0.25) is 9.88 Å². The van der Waals surface area contributed by atoms with Crippen molar-refractivity contribution in [2.75, 3.05) is 32.1 Å². The van der Waals surface area contributed by atoms with Crippen LogP contribution in [0.5, 0.6) is 5.75 Å². The number of benzene rings is 1. The number of hydrogen-bond acceptors (Lipinski definition) is 5. The maximum Gasteiger partial charge on any atom is 0.121 e. The maximum atomic E-state index is 10.5. The Kier molecular flexibility index (Phi) is 5.76. The average molecular weight is 343 g/mol. The minimum Gasteiger partial charge on any atom is -0.497 e. The van der Waals surface area contributed by atoms with E-state index in [2.05, 4.69) is 29.0 Å². The number of rotatable bonds is 6. The van der Waals surface area contributed by atoms with Gasteiger partial charge in [-0.05, 0) is 44.4 Å². The number of anilines is 1. The summed E-state index contributed by atoms with van der Waals surface area (Å²) >= 11 is 0. The number of fused-ring (bicyclic) bond motifs is 1. The zero-order valence-corrected chi connectivity index (χ0v) is 15.4. The number of nitrogens with one attached hydrogen (secondary N) is 1. The molecule has 1 aromatic carbocycles. The quantitative estimate of drug-likeness (QED) is 0.844. The van der Waals surface area contributed by atoms with Crippen LogP contribution in [0.4, 0.5) is 5.69 Å². The molecule has 0 amide bonds. The molecule has 25 heavy (non-hydrogen) atoms. The molecule has 0 saturated carbocycles. The fourth-order valence-electron chi connectivity index (χ4n) is 3.71. The average Bonchev–Trinajstić information content (AvgIpc) is 2.61. The first-order valence-corrected chi connectivity index (χ1v) is 9.15. The van der Waals surface area contributed by atoms with Crippen LogP contribution in [-0.4, -0.2) is 53.9 Å². The van der Waals surface area contributed by atoms with E-state index < -0.39 is 6.10 Å². The highest BCUT2D eigenvalue weighted by Gasteiger charge is 2.24.